The molecule has 2 aromatic carbocycles. The minimum atomic E-state index is 0.156. The fourth-order valence-corrected chi connectivity index (χ4v) is 5.52. The number of nitrogens with one attached hydrogen (secondary N) is 1. The number of piperidine rings is 1. The number of thioether (sulfide) groups is 1. The second kappa shape index (κ2) is 9.68. The van der Waals surface area contributed by atoms with E-state index in [0.29, 0.717) is 17.8 Å². The lowest BCUT2D eigenvalue weighted by atomic mass is 10.0. The lowest BCUT2D eigenvalue weighted by Crippen LogP contribution is -2.48. The van der Waals surface area contributed by atoms with Crippen LogP contribution in [-0.2, 0) is 11.3 Å². The van der Waals surface area contributed by atoms with Gasteiger partial charge in [0.1, 0.15) is 0 Å². The first kappa shape index (κ1) is 20.3. The summed E-state index contributed by atoms with van der Waals surface area (Å²) in [7, 11) is 0. The number of fused-ring (bicyclic) bond motifs is 1. The van der Waals surface area contributed by atoms with E-state index in [1.807, 2.05) is 11.8 Å². The maximum atomic E-state index is 12.8. The zero-order valence-corrected chi connectivity index (χ0v) is 18.0. The van der Waals surface area contributed by atoms with Gasteiger partial charge < -0.3 is 10.2 Å². The van der Waals surface area contributed by atoms with Gasteiger partial charge in [0.05, 0.1) is 12.2 Å². The van der Waals surface area contributed by atoms with E-state index >= 15 is 0 Å². The first-order valence-corrected chi connectivity index (χ1v) is 11.7. The summed E-state index contributed by atoms with van der Waals surface area (Å²) in [5, 5.41) is 3.85. The van der Waals surface area contributed by atoms with Gasteiger partial charge in [-0.2, -0.15) is 0 Å². The van der Waals surface area contributed by atoms with E-state index in [2.05, 4.69) is 76.6 Å². The molecule has 1 fully saturated rings. The molecule has 2 heterocycles. The van der Waals surface area contributed by atoms with Gasteiger partial charge in [0.15, 0.2) is 0 Å². The lowest BCUT2D eigenvalue weighted by molar-refractivity contribution is -0.120. The molecule has 4 nitrogen and oxygen atoms in total. The molecule has 1 N–H and O–H groups in total. The van der Waals surface area contributed by atoms with E-state index in [4.69, 9.17) is 0 Å². The average molecular weight is 410 g/mol. The fraction of sp³-hybridized carbons (Fsp3) is 0.458. The molecule has 1 amide bonds. The van der Waals surface area contributed by atoms with Crippen LogP contribution >= 0.6 is 11.8 Å². The molecular weight excluding hydrogens is 378 g/mol. The molecule has 4 rings (SSSR count). The molecule has 2 aliphatic heterocycles. The number of rotatable bonds is 6. The Bertz CT molecular complexity index is 805. The van der Waals surface area contributed by atoms with Crippen molar-refractivity contribution < 1.29 is 4.79 Å². The number of hydrogen-bond acceptors (Lipinski definition) is 4. The molecule has 1 saturated heterocycles. The normalized spacial score (nSPS) is 20.3. The number of nitrogens with zero attached hydrogens (tertiary/aromatic N) is 2. The highest BCUT2D eigenvalue weighted by molar-refractivity contribution is 8.00. The van der Waals surface area contributed by atoms with Gasteiger partial charge in [-0.3, -0.25) is 9.69 Å². The first-order valence-electron chi connectivity index (χ1n) is 10.8. The summed E-state index contributed by atoms with van der Waals surface area (Å²) in [4.78, 5) is 18.8. The third kappa shape index (κ3) is 5.34. The van der Waals surface area contributed by atoms with Crippen molar-refractivity contribution in [3.8, 4) is 0 Å². The molecule has 0 bridgehead atoms. The van der Waals surface area contributed by atoms with Crippen LogP contribution in [0.4, 0.5) is 5.69 Å². The minimum absolute atomic E-state index is 0.156. The Morgan fingerprint density at radius 1 is 1.07 bits per heavy atom. The summed E-state index contributed by atoms with van der Waals surface area (Å²) in [6.45, 7) is 6.72. The summed E-state index contributed by atoms with van der Waals surface area (Å²) in [6, 6.07) is 19.4. The van der Waals surface area contributed by atoms with E-state index in [1.165, 1.54) is 16.1 Å². The van der Waals surface area contributed by atoms with Crippen LogP contribution in [0.5, 0.6) is 0 Å². The van der Waals surface area contributed by atoms with Crippen LogP contribution < -0.4 is 10.2 Å². The first-order chi connectivity index (χ1) is 14.2. The van der Waals surface area contributed by atoms with Crippen molar-refractivity contribution in [1.29, 1.82) is 0 Å². The van der Waals surface area contributed by atoms with E-state index in [-0.39, 0.29) is 5.91 Å². The lowest BCUT2D eigenvalue weighted by Gasteiger charge is -2.36. The number of para-hydroxylation sites is 1. The van der Waals surface area contributed by atoms with Gasteiger partial charge in [-0.15, -0.1) is 11.8 Å². The maximum Gasteiger partial charge on any atom is 0.239 e. The monoisotopic (exact) mass is 409 g/mol. The Morgan fingerprint density at radius 2 is 1.79 bits per heavy atom. The predicted molar refractivity (Wildman–Crippen MR) is 121 cm³/mol. The highest BCUT2D eigenvalue weighted by Gasteiger charge is 2.26. The van der Waals surface area contributed by atoms with Gasteiger partial charge in [0.2, 0.25) is 5.91 Å². The zero-order chi connectivity index (χ0) is 20.1. The van der Waals surface area contributed by atoms with Crippen LogP contribution in [0, 0.1) is 0 Å². The van der Waals surface area contributed by atoms with Gasteiger partial charge in [-0.25, -0.2) is 0 Å². The van der Waals surface area contributed by atoms with E-state index in [0.717, 1.165) is 45.4 Å². The Balaban J connectivity index is 1.27. The second-order valence-corrected chi connectivity index (χ2v) is 9.44. The molecule has 0 aromatic heterocycles. The Labute approximate surface area is 178 Å². The minimum Gasteiger partial charge on any atom is -0.360 e. The SMILES string of the molecule is CCC1CN(CC(=O)NC2CCN(Cc3ccccc3)CC2)c2ccccc2S1. The number of benzene rings is 2. The molecule has 0 aliphatic carbocycles. The van der Waals surface area contributed by atoms with Crippen LogP contribution in [-0.4, -0.2) is 48.3 Å². The molecule has 154 valence electrons. The largest absolute Gasteiger partial charge is 0.360 e. The fourth-order valence-electron chi connectivity index (χ4n) is 4.26. The van der Waals surface area contributed by atoms with Crippen molar-refractivity contribution in [2.75, 3.05) is 31.1 Å². The molecule has 2 aliphatic rings. The number of carbonyl (C=O) groups excluding carboxylic acids is 1. The van der Waals surface area contributed by atoms with Crippen LogP contribution in [0.1, 0.15) is 31.7 Å². The van der Waals surface area contributed by atoms with Crippen LogP contribution in [0.25, 0.3) is 0 Å². The third-order valence-electron chi connectivity index (χ3n) is 5.92. The number of hydrogen-bond donors (Lipinski definition) is 1. The van der Waals surface area contributed by atoms with E-state index in [9.17, 15) is 4.79 Å². The van der Waals surface area contributed by atoms with Crippen molar-refractivity contribution in [2.24, 2.45) is 0 Å². The quantitative estimate of drug-likeness (QED) is 0.777. The second-order valence-electron chi connectivity index (χ2n) is 8.10. The molecule has 1 unspecified atom stereocenters. The topological polar surface area (TPSA) is 35.6 Å². The third-order valence-corrected chi connectivity index (χ3v) is 7.33. The van der Waals surface area contributed by atoms with Crippen molar-refractivity contribution >= 4 is 23.4 Å². The molecule has 5 heteroatoms. The Morgan fingerprint density at radius 3 is 2.55 bits per heavy atom. The number of amides is 1. The van der Waals surface area contributed by atoms with Crippen molar-refractivity contribution in [3.05, 3.63) is 60.2 Å². The van der Waals surface area contributed by atoms with Gasteiger partial charge >= 0.3 is 0 Å². The maximum absolute atomic E-state index is 12.8. The zero-order valence-electron chi connectivity index (χ0n) is 17.2. The van der Waals surface area contributed by atoms with Crippen molar-refractivity contribution in [2.45, 2.75) is 48.9 Å². The Kier molecular flexibility index (Phi) is 6.78. The molecule has 29 heavy (non-hydrogen) atoms. The average Bonchev–Trinajstić information content (AvgIpc) is 2.75. The van der Waals surface area contributed by atoms with Crippen LogP contribution in [0.15, 0.2) is 59.5 Å². The number of anilines is 1. The standard InChI is InChI=1S/C24H31N3OS/c1-2-21-17-27(22-10-6-7-11-23(22)29-21)18-24(28)25-20-12-14-26(15-13-20)16-19-8-4-3-5-9-19/h3-11,20-21H,2,12-18H2,1H3,(H,25,28). The molecule has 1 atom stereocenters. The number of carbonyl (C=O) groups is 1. The molecule has 0 spiro atoms. The van der Waals surface area contributed by atoms with Crippen molar-refractivity contribution in [1.82, 2.24) is 10.2 Å². The predicted octanol–water partition coefficient (Wildman–Crippen LogP) is 4.16. The molecule has 0 radical (unpaired) electrons. The molecular formula is C24H31N3OS. The van der Waals surface area contributed by atoms with Gasteiger partial charge in [-0.1, -0.05) is 49.4 Å². The van der Waals surface area contributed by atoms with Crippen LogP contribution in [0.2, 0.25) is 0 Å². The summed E-state index contributed by atoms with van der Waals surface area (Å²) in [5.41, 5.74) is 2.57. The van der Waals surface area contributed by atoms with Crippen molar-refractivity contribution in [3.63, 3.8) is 0 Å². The van der Waals surface area contributed by atoms with Crippen LogP contribution in [0.3, 0.4) is 0 Å². The van der Waals surface area contributed by atoms with Gasteiger partial charge in [-0.05, 0) is 37.0 Å². The summed E-state index contributed by atoms with van der Waals surface area (Å²) < 4.78 is 0. The van der Waals surface area contributed by atoms with Gasteiger partial charge in [0, 0.05) is 42.4 Å². The Hall–Kier alpha value is -1.98. The summed E-state index contributed by atoms with van der Waals surface area (Å²) in [5.74, 6) is 0.156. The van der Waals surface area contributed by atoms with E-state index < -0.39 is 0 Å². The smallest absolute Gasteiger partial charge is 0.239 e. The summed E-state index contributed by atoms with van der Waals surface area (Å²) >= 11 is 1.95. The molecule has 2 aromatic rings. The van der Waals surface area contributed by atoms with E-state index in [1.54, 1.807) is 0 Å². The molecule has 0 saturated carbocycles. The summed E-state index contributed by atoms with van der Waals surface area (Å²) in [6.07, 6.45) is 3.18. The number of likely N-dealkylation sites (tertiary alicyclic amines) is 1. The highest BCUT2D eigenvalue weighted by atomic mass is 32.2. The van der Waals surface area contributed by atoms with Gasteiger partial charge in [0.25, 0.3) is 0 Å². The highest BCUT2D eigenvalue weighted by Crippen LogP contribution is 2.39.